The minimum Gasteiger partial charge on any atom is -0.490 e. The number of nitrogens with one attached hydrogen (secondary N) is 2. The molecule has 0 aliphatic carbocycles. The number of anilines is 2. The molecule has 0 saturated heterocycles. The van der Waals surface area contributed by atoms with Crippen LogP contribution in [0.1, 0.15) is 33.6 Å². The van der Waals surface area contributed by atoms with Gasteiger partial charge in [0.15, 0.2) is 11.6 Å². The number of nitrogens with zero attached hydrogens (tertiary/aromatic N) is 2. The molecule has 1 aromatic heterocycles. The fourth-order valence-corrected chi connectivity index (χ4v) is 1.73. The molecule has 0 aliphatic heterocycles. The van der Waals surface area contributed by atoms with Crippen LogP contribution in [0.3, 0.4) is 0 Å². The zero-order valence-corrected chi connectivity index (χ0v) is 12.2. The number of ether oxygens (including phenoxy) is 1. The van der Waals surface area contributed by atoms with Crippen LogP contribution in [0.2, 0.25) is 0 Å². The number of hydrogen-bond donors (Lipinski definition) is 3. The largest absolute Gasteiger partial charge is 0.490 e. The van der Waals surface area contributed by atoms with Crippen molar-refractivity contribution in [3.05, 3.63) is 6.33 Å². The SMILES string of the molecule is CCNc1ncnc(NCC(O)(CC)CC)c1OC. The van der Waals surface area contributed by atoms with Crippen molar-refractivity contribution in [1.82, 2.24) is 9.97 Å². The molecule has 0 amide bonds. The molecule has 1 rings (SSSR count). The Hall–Kier alpha value is -1.56. The molecular formula is C13H24N4O2. The lowest BCUT2D eigenvalue weighted by Crippen LogP contribution is -2.35. The van der Waals surface area contributed by atoms with Crippen LogP contribution in [0, 0.1) is 0 Å². The standard InChI is InChI=1S/C13H24N4O2/c1-5-13(18,6-2)8-15-12-10(19-4)11(14-7-3)16-9-17-12/h9,18H,5-8H2,1-4H3,(H2,14,15,16,17). The van der Waals surface area contributed by atoms with Gasteiger partial charge in [-0.25, -0.2) is 9.97 Å². The molecule has 19 heavy (non-hydrogen) atoms. The van der Waals surface area contributed by atoms with Gasteiger partial charge < -0.3 is 20.5 Å². The summed E-state index contributed by atoms with van der Waals surface area (Å²) in [7, 11) is 1.58. The van der Waals surface area contributed by atoms with Crippen molar-refractivity contribution in [3.63, 3.8) is 0 Å². The van der Waals surface area contributed by atoms with Crippen LogP contribution in [-0.2, 0) is 0 Å². The van der Waals surface area contributed by atoms with E-state index in [2.05, 4.69) is 20.6 Å². The van der Waals surface area contributed by atoms with Gasteiger partial charge in [0.25, 0.3) is 0 Å². The number of aromatic nitrogens is 2. The molecule has 0 fully saturated rings. The average Bonchev–Trinajstić information content (AvgIpc) is 2.45. The van der Waals surface area contributed by atoms with Crippen LogP contribution < -0.4 is 15.4 Å². The molecule has 0 spiro atoms. The quantitative estimate of drug-likeness (QED) is 0.668. The Balaban J connectivity index is 2.86. The van der Waals surface area contributed by atoms with Gasteiger partial charge in [0.1, 0.15) is 6.33 Å². The fraction of sp³-hybridized carbons (Fsp3) is 0.692. The smallest absolute Gasteiger partial charge is 0.204 e. The highest BCUT2D eigenvalue weighted by Gasteiger charge is 2.23. The van der Waals surface area contributed by atoms with Crippen molar-refractivity contribution < 1.29 is 9.84 Å². The Morgan fingerprint density at radius 3 is 2.21 bits per heavy atom. The zero-order chi connectivity index (χ0) is 14.3. The van der Waals surface area contributed by atoms with Crippen LogP contribution in [-0.4, -0.2) is 40.9 Å². The molecule has 0 atom stereocenters. The highest BCUT2D eigenvalue weighted by Crippen LogP contribution is 2.29. The number of aliphatic hydroxyl groups is 1. The second-order valence-electron chi connectivity index (χ2n) is 4.42. The summed E-state index contributed by atoms with van der Waals surface area (Å²) in [6, 6.07) is 0. The lowest BCUT2D eigenvalue weighted by Gasteiger charge is -2.26. The first kappa shape index (κ1) is 15.5. The van der Waals surface area contributed by atoms with E-state index < -0.39 is 5.60 Å². The second-order valence-corrected chi connectivity index (χ2v) is 4.42. The Labute approximate surface area is 114 Å². The van der Waals surface area contributed by atoms with Gasteiger partial charge in [0.05, 0.1) is 12.7 Å². The normalized spacial score (nSPS) is 11.2. The Morgan fingerprint density at radius 2 is 1.74 bits per heavy atom. The van der Waals surface area contributed by atoms with Crippen molar-refractivity contribution >= 4 is 11.6 Å². The van der Waals surface area contributed by atoms with Crippen molar-refractivity contribution in [3.8, 4) is 5.75 Å². The van der Waals surface area contributed by atoms with Gasteiger partial charge in [-0.1, -0.05) is 13.8 Å². The molecule has 1 aromatic rings. The van der Waals surface area contributed by atoms with Gasteiger partial charge >= 0.3 is 0 Å². The van der Waals surface area contributed by atoms with E-state index in [0.717, 1.165) is 6.54 Å². The molecule has 0 bridgehead atoms. The molecule has 0 saturated carbocycles. The van der Waals surface area contributed by atoms with Gasteiger partial charge in [0, 0.05) is 13.1 Å². The third-order valence-corrected chi connectivity index (χ3v) is 3.25. The van der Waals surface area contributed by atoms with Crippen molar-refractivity contribution in [2.24, 2.45) is 0 Å². The molecule has 0 aromatic carbocycles. The molecule has 1 heterocycles. The average molecular weight is 268 g/mol. The monoisotopic (exact) mass is 268 g/mol. The predicted molar refractivity (Wildman–Crippen MR) is 76.8 cm³/mol. The van der Waals surface area contributed by atoms with E-state index in [9.17, 15) is 5.11 Å². The minimum absolute atomic E-state index is 0.430. The lowest BCUT2D eigenvalue weighted by atomic mass is 9.98. The van der Waals surface area contributed by atoms with Crippen molar-refractivity contribution in [2.75, 3.05) is 30.8 Å². The highest BCUT2D eigenvalue weighted by atomic mass is 16.5. The van der Waals surface area contributed by atoms with Crippen molar-refractivity contribution in [1.29, 1.82) is 0 Å². The first-order valence-electron chi connectivity index (χ1n) is 6.69. The summed E-state index contributed by atoms with van der Waals surface area (Å²) in [4.78, 5) is 8.30. The molecule has 0 radical (unpaired) electrons. The molecule has 6 heteroatoms. The van der Waals surface area contributed by atoms with E-state index in [4.69, 9.17) is 4.74 Å². The first-order chi connectivity index (χ1) is 9.10. The minimum atomic E-state index is -0.728. The van der Waals surface area contributed by atoms with Gasteiger partial charge in [-0.15, -0.1) is 0 Å². The summed E-state index contributed by atoms with van der Waals surface area (Å²) in [5.41, 5.74) is -0.728. The Bertz CT molecular complexity index is 394. The van der Waals surface area contributed by atoms with E-state index in [1.165, 1.54) is 6.33 Å². The summed E-state index contributed by atoms with van der Waals surface area (Å²) in [5.74, 6) is 1.81. The summed E-state index contributed by atoms with van der Waals surface area (Å²) in [5, 5.41) is 16.5. The van der Waals surface area contributed by atoms with Gasteiger partial charge in [-0.2, -0.15) is 0 Å². The molecule has 0 aliphatic rings. The second kappa shape index (κ2) is 7.13. The molecule has 6 nitrogen and oxygen atoms in total. The summed E-state index contributed by atoms with van der Waals surface area (Å²) >= 11 is 0. The predicted octanol–water partition coefficient (Wildman–Crippen LogP) is 1.88. The maximum absolute atomic E-state index is 10.3. The van der Waals surface area contributed by atoms with Gasteiger partial charge in [-0.3, -0.25) is 0 Å². The zero-order valence-electron chi connectivity index (χ0n) is 12.2. The first-order valence-corrected chi connectivity index (χ1v) is 6.69. The van der Waals surface area contributed by atoms with E-state index in [0.29, 0.717) is 36.8 Å². The van der Waals surface area contributed by atoms with E-state index >= 15 is 0 Å². The fourth-order valence-electron chi connectivity index (χ4n) is 1.73. The van der Waals surface area contributed by atoms with Crippen LogP contribution in [0.25, 0.3) is 0 Å². The summed E-state index contributed by atoms with van der Waals surface area (Å²) in [6.07, 6.45) is 2.84. The van der Waals surface area contributed by atoms with E-state index in [1.54, 1.807) is 7.11 Å². The maximum Gasteiger partial charge on any atom is 0.204 e. The van der Waals surface area contributed by atoms with Crippen LogP contribution in [0.5, 0.6) is 5.75 Å². The Kier molecular flexibility index (Phi) is 5.82. The van der Waals surface area contributed by atoms with Crippen LogP contribution >= 0.6 is 0 Å². The van der Waals surface area contributed by atoms with Crippen LogP contribution in [0.15, 0.2) is 6.33 Å². The van der Waals surface area contributed by atoms with E-state index in [1.807, 2.05) is 20.8 Å². The molecule has 0 unspecified atom stereocenters. The van der Waals surface area contributed by atoms with Crippen LogP contribution in [0.4, 0.5) is 11.6 Å². The molecular weight excluding hydrogens is 244 g/mol. The number of rotatable bonds is 8. The third-order valence-electron chi connectivity index (χ3n) is 3.25. The third kappa shape index (κ3) is 3.96. The Morgan fingerprint density at radius 1 is 1.16 bits per heavy atom. The maximum atomic E-state index is 10.3. The van der Waals surface area contributed by atoms with Gasteiger partial charge in [0.2, 0.25) is 5.75 Å². The summed E-state index contributed by atoms with van der Waals surface area (Å²) < 4.78 is 5.33. The lowest BCUT2D eigenvalue weighted by molar-refractivity contribution is 0.0456. The molecule has 108 valence electrons. The topological polar surface area (TPSA) is 79.3 Å². The summed E-state index contributed by atoms with van der Waals surface area (Å²) in [6.45, 7) is 7.10. The highest BCUT2D eigenvalue weighted by molar-refractivity contribution is 5.63. The molecule has 3 N–H and O–H groups in total. The number of methoxy groups -OCH3 is 1. The van der Waals surface area contributed by atoms with Crippen molar-refractivity contribution in [2.45, 2.75) is 39.2 Å². The van der Waals surface area contributed by atoms with Gasteiger partial charge in [-0.05, 0) is 19.8 Å². The van der Waals surface area contributed by atoms with E-state index in [-0.39, 0.29) is 0 Å². The number of hydrogen-bond acceptors (Lipinski definition) is 6.